The average Bonchev–Trinajstić information content (AvgIpc) is 3.14. The molecule has 1 aromatic carbocycles. The quantitative estimate of drug-likeness (QED) is 0.772. The first-order valence-electron chi connectivity index (χ1n) is 7.92. The van der Waals surface area contributed by atoms with E-state index >= 15 is 0 Å². The summed E-state index contributed by atoms with van der Waals surface area (Å²) in [4.78, 5) is 23.2. The van der Waals surface area contributed by atoms with Gasteiger partial charge in [0.25, 0.3) is 5.56 Å². The van der Waals surface area contributed by atoms with Crippen molar-refractivity contribution in [1.29, 1.82) is 0 Å². The van der Waals surface area contributed by atoms with Crippen LogP contribution in [0.2, 0.25) is 5.02 Å². The molecular formula is C16H17ClN6O. The zero-order valence-corrected chi connectivity index (χ0v) is 14.3. The van der Waals surface area contributed by atoms with Crippen LogP contribution in [0, 0.1) is 13.8 Å². The average molecular weight is 345 g/mol. The molecule has 0 radical (unpaired) electrons. The summed E-state index contributed by atoms with van der Waals surface area (Å²) in [5.74, 6) is 0.571. The van der Waals surface area contributed by atoms with Crippen molar-refractivity contribution < 1.29 is 0 Å². The van der Waals surface area contributed by atoms with Crippen LogP contribution in [0.25, 0.3) is 16.9 Å². The Kier molecular flexibility index (Phi) is 3.53. The van der Waals surface area contributed by atoms with Crippen LogP contribution in [0.5, 0.6) is 0 Å². The van der Waals surface area contributed by atoms with E-state index in [-0.39, 0.29) is 11.1 Å². The molecule has 3 heterocycles. The molecule has 0 unspecified atom stereocenters. The lowest BCUT2D eigenvalue weighted by Gasteiger charge is -2.14. The lowest BCUT2D eigenvalue weighted by molar-refractivity contribution is 0.752. The molecule has 1 aliphatic heterocycles. The molecule has 1 N–H and O–H groups in total. The highest BCUT2D eigenvalue weighted by molar-refractivity contribution is 6.30. The van der Waals surface area contributed by atoms with E-state index in [4.69, 9.17) is 11.6 Å². The van der Waals surface area contributed by atoms with E-state index in [0.29, 0.717) is 16.6 Å². The lowest BCUT2D eigenvalue weighted by Crippen LogP contribution is -2.23. The maximum Gasteiger partial charge on any atom is 0.282 e. The second-order valence-electron chi connectivity index (χ2n) is 6.13. The number of aromatic amines is 1. The van der Waals surface area contributed by atoms with Crippen LogP contribution in [0.1, 0.15) is 24.0 Å². The molecule has 0 atom stereocenters. The molecule has 124 valence electrons. The molecule has 0 aliphatic carbocycles. The summed E-state index contributed by atoms with van der Waals surface area (Å²) in [6.45, 7) is 5.68. The number of H-pyrrole nitrogens is 1. The molecular weight excluding hydrogens is 328 g/mol. The summed E-state index contributed by atoms with van der Waals surface area (Å²) in [5.41, 5.74) is 3.03. The highest BCUT2D eigenvalue weighted by Crippen LogP contribution is 2.23. The fourth-order valence-electron chi connectivity index (χ4n) is 3.21. The Labute approximate surface area is 143 Å². The molecule has 1 saturated heterocycles. The maximum absolute atomic E-state index is 12.4. The number of fused-ring (bicyclic) bond motifs is 1. The van der Waals surface area contributed by atoms with Gasteiger partial charge in [-0.15, -0.1) is 15.0 Å². The minimum Gasteiger partial charge on any atom is -0.342 e. The molecule has 24 heavy (non-hydrogen) atoms. The van der Waals surface area contributed by atoms with Gasteiger partial charge in [-0.2, -0.15) is 4.98 Å². The number of hydrogen-bond acceptors (Lipinski definition) is 5. The molecule has 0 bridgehead atoms. The molecule has 8 heteroatoms. The Morgan fingerprint density at radius 2 is 1.79 bits per heavy atom. The smallest absolute Gasteiger partial charge is 0.282 e. The number of halogens is 1. The van der Waals surface area contributed by atoms with E-state index < -0.39 is 0 Å². The van der Waals surface area contributed by atoms with Crippen LogP contribution >= 0.6 is 11.6 Å². The summed E-state index contributed by atoms with van der Waals surface area (Å²) in [7, 11) is 0. The van der Waals surface area contributed by atoms with Gasteiger partial charge in [0.2, 0.25) is 11.6 Å². The van der Waals surface area contributed by atoms with Crippen molar-refractivity contribution in [2.45, 2.75) is 26.7 Å². The SMILES string of the molecule is Cc1cc(Cl)cc(C)c1-n1nc2nc(N3CCCC3)[nH]c(=O)c2n1. The van der Waals surface area contributed by atoms with E-state index in [1.54, 1.807) is 0 Å². The van der Waals surface area contributed by atoms with Gasteiger partial charge in [-0.1, -0.05) is 11.6 Å². The van der Waals surface area contributed by atoms with Gasteiger partial charge < -0.3 is 4.90 Å². The van der Waals surface area contributed by atoms with Gasteiger partial charge >= 0.3 is 0 Å². The molecule has 1 aliphatic rings. The molecule has 0 saturated carbocycles. The van der Waals surface area contributed by atoms with Gasteiger partial charge in [-0.3, -0.25) is 9.78 Å². The van der Waals surface area contributed by atoms with Crippen molar-refractivity contribution in [3.63, 3.8) is 0 Å². The van der Waals surface area contributed by atoms with Gasteiger partial charge in [-0.25, -0.2) is 0 Å². The summed E-state index contributed by atoms with van der Waals surface area (Å²) in [5, 5.41) is 9.44. The first-order chi connectivity index (χ1) is 11.5. The van der Waals surface area contributed by atoms with Gasteiger partial charge in [0.1, 0.15) is 0 Å². The van der Waals surface area contributed by atoms with E-state index in [0.717, 1.165) is 42.7 Å². The first kappa shape index (κ1) is 15.1. The normalized spacial score (nSPS) is 14.7. The Bertz CT molecular complexity index is 963. The number of aromatic nitrogens is 5. The predicted molar refractivity (Wildman–Crippen MR) is 93.2 cm³/mol. The molecule has 0 amide bonds. The molecule has 1 fully saturated rings. The molecule has 2 aromatic heterocycles. The number of nitrogens with one attached hydrogen (secondary N) is 1. The Morgan fingerprint density at radius 3 is 2.46 bits per heavy atom. The van der Waals surface area contributed by atoms with Crippen molar-refractivity contribution in [2.75, 3.05) is 18.0 Å². The van der Waals surface area contributed by atoms with Crippen molar-refractivity contribution in [1.82, 2.24) is 25.0 Å². The van der Waals surface area contributed by atoms with Crippen LogP contribution < -0.4 is 10.5 Å². The Balaban J connectivity index is 1.87. The number of nitrogens with zero attached hydrogens (tertiary/aromatic N) is 5. The maximum atomic E-state index is 12.4. The minimum atomic E-state index is -0.266. The largest absolute Gasteiger partial charge is 0.342 e. The third-order valence-corrected chi connectivity index (χ3v) is 4.53. The van der Waals surface area contributed by atoms with Crippen LogP contribution in [0.3, 0.4) is 0 Å². The number of benzene rings is 1. The zero-order valence-electron chi connectivity index (χ0n) is 13.5. The van der Waals surface area contributed by atoms with Crippen LogP contribution in [0.15, 0.2) is 16.9 Å². The third-order valence-electron chi connectivity index (χ3n) is 4.31. The fraction of sp³-hybridized carbons (Fsp3) is 0.375. The van der Waals surface area contributed by atoms with Gasteiger partial charge in [0.15, 0.2) is 5.52 Å². The summed E-state index contributed by atoms with van der Waals surface area (Å²) < 4.78 is 0. The van der Waals surface area contributed by atoms with Gasteiger partial charge in [0, 0.05) is 18.1 Å². The van der Waals surface area contributed by atoms with Crippen molar-refractivity contribution in [3.05, 3.63) is 38.6 Å². The second-order valence-corrected chi connectivity index (χ2v) is 6.57. The molecule has 7 nitrogen and oxygen atoms in total. The zero-order chi connectivity index (χ0) is 16.8. The summed E-state index contributed by atoms with van der Waals surface area (Å²) >= 11 is 6.08. The number of anilines is 1. The van der Waals surface area contributed by atoms with Crippen molar-refractivity contribution in [2.24, 2.45) is 0 Å². The second kappa shape index (κ2) is 5.59. The molecule has 3 aromatic rings. The highest BCUT2D eigenvalue weighted by atomic mass is 35.5. The van der Waals surface area contributed by atoms with E-state index in [2.05, 4.69) is 25.1 Å². The monoisotopic (exact) mass is 344 g/mol. The Hall–Kier alpha value is -2.41. The van der Waals surface area contributed by atoms with Gasteiger partial charge in [-0.05, 0) is 49.9 Å². The first-order valence-corrected chi connectivity index (χ1v) is 8.30. The van der Waals surface area contributed by atoms with E-state index in [1.807, 2.05) is 26.0 Å². The predicted octanol–water partition coefficient (Wildman–Crippen LogP) is 2.37. The lowest BCUT2D eigenvalue weighted by atomic mass is 10.1. The third kappa shape index (κ3) is 2.45. The Morgan fingerprint density at radius 1 is 1.12 bits per heavy atom. The number of aryl methyl sites for hydroxylation is 2. The van der Waals surface area contributed by atoms with Crippen LogP contribution in [-0.2, 0) is 0 Å². The standard InChI is InChI=1S/C16H17ClN6O/c1-9-7-11(17)8-10(2)13(9)23-20-12-14(21-23)18-16(19-15(12)24)22-5-3-4-6-22/h7-8H,3-6H2,1-2H3,(H,18,19,21,24). The fourth-order valence-corrected chi connectivity index (χ4v) is 3.53. The molecule has 4 rings (SSSR count). The number of hydrogen-bond donors (Lipinski definition) is 1. The van der Waals surface area contributed by atoms with Crippen molar-refractivity contribution >= 4 is 28.7 Å². The van der Waals surface area contributed by atoms with E-state index in [1.165, 1.54) is 4.80 Å². The molecule has 0 spiro atoms. The topological polar surface area (TPSA) is 79.7 Å². The minimum absolute atomic E-state index is 0.242. The number of rotatable bonds is 2. The van der Waals surface area contributed by atoms with Gasteiger partial charge in [0.05, 0.1) is 5.69 Å². The van der Waals surface area contributed by atoms with Crippen molar-refractivity contribution in [3.8, 4) is 5.69 Å². The summed E-state index contributed by atoms with van der Waals surface area (Å²) in [6.07, 6.45) is 2.22. The van der Waals surface area contributed by atoms with Crippen LogP contribution in [-0.4, -0.2) is 38.1 Å². The van der Waals surface area contributed by atoms with E-state index in [9.17, 15) is 4.79 Å². The summed E-state index contributed by atoms with van der Waals surface area (Å²) in [6, 6.07) is 3.70. The highest BCUT2D eigenvalue weighted by Gasteiger charge is 2.19. The van der Waals surface area contributed by atoms with Crippen LogP contribution in [0.4, 0.5) is 5.95 Å².